The quantitative estimate of drug-likeness (QED) is 0.165. The van der Waals surface area contributed by atoms with E-state index in [2.05, 4.69) is 137 Å². The number of benzene rings is 8. The summed E-state index contributed by atoms with van der Waals surface area (Å²) >= 11 is 0. The van der Waals surface area contributed by atoms with Gasteiger partial charge in [-0.1, -0.05) is 117 Å². The number of rotatable bonds is 6. The van der Waals surface area contributed by atoms with Gasteiger partial charge in [-0.05, 0) is 86.8 Å². The van der Waals surface area contributed by atoms with Gasteiger partial charge in [-0.15, -0.1) is 0 Å². The Morgan fingerprint density at radius 2 is 1.06 bits per heavy atom. The first kappa shape index (κ1) is 30.3. The maximum absolute atomic E-state index is 16.2. The lowest BCUT2D eigenvalue weighted by Crippen LogP contribution is -2.16. The number of para-hydroxylation sites is 2. The van der Waals surface area contributed by atoms with Gasteiger partial charge in [-0.2, -0.15) is 0 Å². The molecule has 0 unspecified atom stereocenters. The SMILES string of the molecule is CC1(C)c2ccccc2-c2c(N(c3ccccc3F)c3ccc4ccc5c(N(c6ccccc6)c6ncccn6)ccc6ccc3c4c65)cccc21. The second-order valence-electron chi connectivity index (χ2n) is 14.0. The van der Waals surface area contributed by atoms with E-state index in [1.165, 1.54) is 16.7 Å². The number of aromatic nitrogens is 2. The molecule has 4 nitrogen and oxygen atoms in total. The third-order valence-corrected chi connectivity index (χ3v) is 10.8. The van der Waals surface area contributed by atoms with Crippen LogP contribution in [0.1, 0.15) is 25.0 Å². The van der Waals surface area contributed by atoms with Crippen LogP contribution in [0.15, 0.2) is 164 Å². The molecule has 1 heterocycles. The van der Waals surface area contributed by atoms with Gasteiger partial charge in [0.25, 0.3) is 0 Å². The highest BCUT2D eigenvalue weighted by Crippen LogP contribution is 2.55. The Morgan fingerprint density at radius 1 is 0.481 bits per heavy atom. The van der Waals surface area contributed by atoms with Crippen LogP contribution >= 0.6 is 0 Å². The molecule has 0 saturated heterocycles. The summed E-state index contributed by atoms with van der Waals surface area (Å²) in [6, 6.07) is 51.7. The van der Waals surface area contributed by atoms with Gasteiger partial charge in [0.2, 0.25) is 5.95 Å². The van der Waals surface area contributed by atoms with E-state index in [1.54, 1.807) is 24.5 Å². The van der Waals surface area contributed by atoms with Gasteiger partial charge in [0.15, 0.2) is 0 Å². The van der Waals surface area contributed by atoms with E-state index in [1.807, 2.05) is 36.4 Å². The summed E-state index contributed by atoms with van der Waals surface area (Å²) in [5.74, 6) is 0.316. The van der Waals surface area contributed by atoms with Crippen LogP contribution in [-0.2, 0) is 5.41 Å². The van der Waals surface area contributed by atoms with Crippen molar-refractivity contribution in [1.29, 1.82) is 0 Å². The van der Waals surface area contributed by atoms with Crippen LogP contribution in [0.25, 0.3) is 43.4 Å². The zero-order valence-electron chi connectivity index (χ0n) is 28.8. The van der Waals surface area contributed by atoms with E-state index >= 15 is 4.39 Å². The molecule has 0 aliphatic heterocycles. The molecule has 1 aliphatic carbocycles. The fourth-order valence-corrected chi connectivity index (χ4v) is 8.45. The largest absolute Gasteiger partial charge is 0.306 e. The highest BCUT2D eigenvalue weighted by Gasteiger charge is 2.38. The molecule has 8 aromatic carbocycles. The van der Waals surface area contributed by atoms with E-state index in [9.17, 15) is 0 Å². The standard InChI is InChI=1S/C47H33FN4/c1-47(2)36-15-7-6-14-33(36)45-37(47)16-10-19-42(45)52(41-18-9-8-17-38(41)48)40-27-23-31-20-24-34-39(26-22-30-21-25-35(40)44(31)43(30)34)51(32-12-4-3-5-13-32)46-49-28-11-29-50-46/h3-29H,1-2H3. The summed E-state index contributed by atoms with van der Waals surface area (Å²) in [5, 5.41) is 6.65. The molecule has 0 N–H and O–H groups in total. The van der Waals surface area contributed by atoms with Crippen LogP contribution in [-0.4, -0.2) is 9.97 Å². The van der Waals surface area contributed by atoms with Gasteiger partial charge in [-0.3, -0.25) is 4.90 Å². The van der Waals surface area contributed by atoms with Crippen molar-refractivity contribution in [1.82, 2.24) is 9.97 Å². The second-order valence-corrected chi connectivity index (χ2v) is 14.0. The maximum Gasteiger partial charge on any atom is 0.234 e. The Morgan fingerprint density at radius 3 is 1.77 bits per heavy atom. The summed E-state index contributed by atoms with van der Waals surface area (Å²) in [6.45, 7) is 4.56. The summed E-state index contributed by atoms with van der Waals surface area (Å²) in [4.78, 5) is 13.6. The Kier molecular flexibility index (Phi) is 6.67. The third-order valence-electron chi connectivity index (χ3n) is 10.8. The molecule has 0 amide bonds. The first-order chi connectivity index (χ1) is 25.5. The minimum atomic E-state index is -0.278. The topological polar surface area (TPSA) is 32.3 Å². The predicted octanol–water partition coefficient (Wildman–Crippen LogP) is 12.8. The lowest BCUT2D eigenvalue weighted by molar-refractivity contribution is 0.629. The van der Waals surface area contributed by atoms with Gasteiger partial charge in [0, 0.05) is 39.8 Å². The lowest BCUT2D eigenvalue weighted by atomic mass is 9.82. The van der Waals surface area contributed by atoms with Crippen molar-refractivity contribution in [2.45, 2.75) is 19.3 Å². The molecule has 0 fully saturated rings. The number of halogens is 1. The van der Waals surface area contributed by atoms with Crippen molar-refractivity contribution in [3.05, 3.63) is 181 Å². The van der Waals surface area contributed by atoms with E-state index in [-0.39, 0.29) is 11.2 Å². The third kappa shape index (κ3) is 4.39. The van der Waals surface area contributed by atoms with Crippen LogP contribution in [0.3, 0.4) is 0 Å². The van der Waals surface area contributed by atoms with Crippen LogP contribution < -0.4 is 9.80 Å². The minimum absolute atomic E-state index is 0.199. The van der Waals surface area contributed by atoms with Gasteiger partial charge in [-0.25, -0.2) is 14.4 Å². The number of fused-ring (bicyclic) bond motifs is 3. The zero-order chi connectivity index (χ0) is 35.0. The average molecular weight is 673 g/mol. The van der Waals surface area contributed by atoms with E-state index in [0.29, 0.717) is 11.6 Å². The van der Waals surface area contributed by atoms with Gasteiger partial charge in [0.1, 0.15) is 5.82 Å². The molecule has 0 spiro atoms. The van der Waals surface area contributed by atoms with Crippen molar-refractivity contribution < 1.29 is 4.39 Å². The molecule has 0 atom stereocenters. The summed E-state index contributed by atoms with van der Waals surface area (Å²) in [5.41, 5.74) is 8.96. The molecule has 248 valence electrons. The molecule has 1 aliphatic rings. The van der Waals surface area contributed by atoms with Crippen LogP contribution in [0.2, 0.25) is 0 Å². The predicted molar refractivity (Wildman–Crippen MR) is 213 cm³/mol. The van der Waals surface area contributed by atoms with Crippen molar-refractivity contribution >= 4 is 66.7 Å². The Bertz CT molecular complexity index is 2760. The molecule has 10 rings (SSSR count). The van der Waals surface area contributed by atoms with Gasteiger partial charge < -0.3 is 4.90 Å². The fourth-order valence-electron chi connectivity index (χ4n) is 8.45. The molecular weight excluding hydrogens is 640 g/mol. The molecule has 9 aromatic rings. The highest BCUT2D eigenvalue weighted by molar-refractivity contribution is 6.28. The van der Waals surface area contributed by atoms with Gasteiger partial charge >= 0.3 is 0 Å². The molecule has 1 aromatic heterocycles. The van der Waals surface area contributed by atoms with Crippen molar-refractivity contribution in [3.8, 4) is 11.1 Å². The normalized spacial score (nSPS) is 13.1. The molecule has 0 saturated carbocycles. The van der Waals surface area contributed by atoms with Crippen molar-refractivity contribution in [2.24, 2.45) is 0 Å². The summed E-state index contributed by atoms with van der Waals surface area (Å²) < 4.78 is 16.2. The minimum Gasteiger partial charge on any atom is -0.306 e. The lowest BCUT2D eigenvalue weighted by Gasteiger charge is -2.30. The Hall–Kier alpha value is -6.59. The van der Waals surface area contributed by atoms with Gasteiger partial charge in [0.05, 0.1) is 22.7 Å². The molecule has 0 radical (unpaired) electrons. The van der Waals surface area contributed by atoms with Crippen LogP contribution in [0, 0.1) is 5.82 Å². The van der Waals surface area contributed by atoms with E-state index in [4.69, 9.17) is 0 Å². The Labute approximate surface area is 301 Å². The van der Waals surface area contributed by atoms with Crippen molar-refractivity contribution in [3.63, 3.8) is 0 Å². The summed E-state index contributed by atoms with van der Waals surface area (Å²) in [7, 11) is 0. The average Bonchev–Trinajstić information content (AvgIpc) is 3.43. The highest BCUT2D eigenvalue weighted by atomic mass is 19.1. The number of anilines is 6. The first-order valence-corrected chi connectivity index (χ1v) is 17.6. The fraction of sp³-hybridized carbons (Fsp3) is 0.0638. The molecule has 0 bridgehead atoms. The number of nitrogens with zero attached hydrogens (tertiary/aromatic N) is 4. The summed E-state index contributed by atoms with van der Waals surface area (Å²) in [6.07, 6.45) is 3.55. The van der Waals surface area contributed by atoms with E-state index < -0.39 is 0 Å². The molecule has 52 heavy (non-hydrogen) atoms. The van der Waals surface area contributed by atoms with E-state index in [0.717, 1.165) is 60.6 Å². The van der Waals surface area contributed by atoms with Crippen LogP contribution in [0.5, 0.6) is 0 Å². The number of hydrogen-bond donors (Lipinski definition) is 0. The number of hydrogen-bond acceptors (Lipinski definition) is 4. The monoisotopic (exact) mass is 672 g/mol. The Balaban J connectivity index is 1.27. The van der Waals surface area contributed by atoms with Crippen LogP contribution in [0.4, 0.5) is 38.8 Å². The first-order valence-electron chi connectivity index (χ1n) is 17.6. The smallest absolute Gasteiger partial charge is 0.234 e. The second kappa shape index (κ2) is 11.5. The molecule has 5 heteroatoms. The zero-order valence-corrected chi connectivity index (χ0v) is 28.8. The van der Waals surface area contributed by atoms with Crippen molar-refractivity contribution in [2.75, 3.05) is 9.80 Å². The molecular formula is C47H33FN4. The maximum atomic E-state index is 16.2.